The van der Waals surface area contributed by atoms with E-state index in [1.807, 2.05) is 42.7 Å². The van der Waals surface area contributed by atoms with Crippen molar-refractivity contribution < 1.29 is 14.7 Å². The number of carboxylic acids is 1. The predicted molar refractivity (Wildman–Crippen MR) is 172 cm³/mol. The first kappa shape index (κ1) is 27.7. The summed E-state index contributed by atoms with van der Waals surface area (Å²) in [6.07, 6.45) is 5.66. The van der Waals surface area contributed by atoms with Crippen molar-refractivity contribution in [2.24, 2.45) is 0 Å². The first-order valence-corrected chi connectivity index (χ1v) is 14.3. The summed E-state index contributed by atoms with van der Waals surface area (Å²) in [6.45, 7) is 6.83. The molecule has 0 aliphatic heterocycles. The Balaban J connectivity index is 0.000000154. The first-order valence-electron chi connectivity index (χ1n) is 14.3. The number of benzene rings is 3. The van der Waals surface area contributed by atoms with Gasteiger partial charge in [-0.3, -0.25) is 9.78 Å². The maximum Gasteiger partial charge on any atom is 0.338 e. The van der Waals surface area contributed by atoms with Gasteiger partial charge in [-0.05, 0) is 79.1 Å². The lowest BCUT2D eigenvalue weighted by molar-refractivity contribution is 0.0692. The van der Waals surface area contributed by atoms with E-state index in [1.54, 1.807) is 0 Å². The molecular formula is C37H31N3O3. The molecule has 0 radical (unpaired) electrons. The van der Waals surface area contributed by atoms with Crippen LogP contribution in [0, 0.1) is 13.8 Å². The quantitative estimate of drug-likeness (QED) is 0.213. The molecule has 0 amide bonds. The van der Waals surface area contributed by atoms with Crippen LogP contribution < -0.4 is 0 Å². The summed E-state index contributed by atoms with van der Waals surface area (Å²) < 4.78 is 4.22. The zero-order chi connectivity index (χ0) is 30.1. The van der Waals surface area contributed by atoms with Crippen LogP contribution in [0.3, 0.4) is 0 Å². The molecule has 0 spiro atoms. The van der Waals surface area contributed by atoms with E-state index in [2.05, 4.69) is 89.4 Å². The molecule has 6 nitrogen and oxygen atoms in total. The van der Waals surface area contributed by atoms with Gasteiger partial charge in [0.25, 0.3) is 0 Å². The SMILES string of the molecule is CCn1c(C)c(C(=O)c2ncccc2C(=O)O)c2ccccc21.Cc1c(-c2ccn3ccccc23)ccc2ccccc12. The van der Waals surface area contributed by atoms with Gasteiger partial charge in [-0.25, -0.2) is 4.79 Å². The highest BCUT2D eigenvalue weighted by Crippen LogP contribution is 2.33. The summed E-state index contributed by atoms with van der Waals surface area (Å²) in [7, 11) is 0. The second-order valence-electron chi connectivity index (χ2n) is 10.4. The third kappa shape index (κ3) is 4.87. The number of aromatic nitrogens is 3. The third-order valence-electron chi connectivity index (χ3n) is 8.08. The van der Waals surface area contributed by atoms with Gasteiger partial charge in [0.1, 0.15) is 5.69 Å². The number of nitrogens with zero attached hydrogens (tertiary/aromatic N) is 3. The predicted octanol–water partition coefficient (Wildman–Crippen LogP) is 8.36. The number of para-hydroxylation sites is 1. The number of pyridine rings is 2. The first-order chi connectivity index (χ1) is 20.9. The summed E-state index contributed by atoms with van der Waals surface area (Å²) in [4.78, 5) is 28.4. The number of ketones is 1. The fourth-order valence-corrected chi connectivity index (χ4v) is 6.00. The molecule has 0 aliphatic rings. The lowest BCUT2D eigenvalue weighted by Gasteiger charge is -2.09. The Labute approximate surface area is 249 Å². The molecule has 0 atom stereocenters. The van der Waals surface area contributed by atoms with Crippen LogP contribution >= 0.6 is 0 Å². The van der Waals surface area contributed by atoms with E-state index in [-0.39, 0.29) is 17.0 Å². The molecule has 7 rings (SSSR count). The van der Waals surface area contributed by atoms with Crippen LogP contribution in [-0.4, -0.2) is 30.8 Å². The van der Waals surface area contributed by atoms with Gasteiger partial charge in [0.2, 0.25) is 5.78 Å². The standard InChI is InChI=1S/C19H15N.C18H16N2O3/c1-14-16-7-3-2-6-15(16)9-10-17(14)18-11-13-20-12-5-4-8-19(18)20;1-3-20-11(2)15(12-7-4-5-9-14(12)20)17(21)16-13(18(22)23)8-6-10-19-16/h2-13H,1H3;4-10H,3H2,1-2H3,(H,22,23). The highest BCUT2D eigenvalue weighted by atomic mass is 16.4. The van der Waals surface area contributed by atoms with Crippen LogP contribution in [0.1, 0.15) is 44.6 Å². The number of aryl methyl sites for hydroxylation is 2. The van der Waals surface area contributed by atoms with Crippen molar-refractivity contribution in [2.75, 3.05) is 0 Å². The van der Waals surface area contributed by atoms with Gasteiger partial charge in [0.05, 0.1) is 16.6 Å². The monoisotopic (exact) mass is 565 g/mol. The summed E-state index contributed by atoms with van der Waals surface area (Å²) in [5, 5.41) is 12.8. The van der Waals surface area contributed by atoms with E-state index >= 15 is 0 Å². The van der Waals surface area contributed by atoms with Gasteiger partial charge in [0, 0.05) is 47.3 Å². The van der Waals surface area contributed by atoms with Crippen LogP contribution in [-0.2, 0) is 6.54 Å². The average Bonchev–Trinajstić information content (AvgIpc) is 3.59. The number of carboxylic acid groups (broad SMARTS) is 1. The van der Waals surface area contributed by atoms with Gasteiger partial charge in [-0.1, -0.05) is 60.7 Å². The Morgan fingerprint density at radius 1 is 0.744 bits per heavy atom. The molecule has 0 unspecified atom stereocenters. The fraction of sp³-hybridized carbons (Fsp3) is 0.108. The molecule has 0 saturated carbocycles. The van der Waals surface area contributed by atoms with Crippen molar-refractivity contribution in [2.45, 2.75) is 27.3 Å². The number of rotatable bonds is 5. The van der Waals surface area contributed by atoms with Crippen LogP contribution in [0.2, 0.25) is 0 Å². The van der Waals surface area contributed by atoms with E-state index in [9.17, 15) is 14.7 Å². The zero-order valence-electron chi connectivity index (χ0n) is 24.3. The molecule has 6 heteroatoms. The molecule has 3 aromatic carbocycles. The maximum atomic E-state index is 13.0. The Morgan fingerprint density at radius 2 is 1.47 bits per heavy atom. The van der Waals surface area contributed by atoms with Crippen molar-refractivity contribution in [3.8, 4) is 11.1 Å². The van der Waals surface area contributed by atoms with Gasteiger partial charge >= 0.3 is 5.97 Å². The van der Waals surface area contributed by atoms with E-state index in [1.165, 1.54) is 51.3 Å². The summed E-state index contributed by atoms with van der Waals surface area (Å²) in [6, 6.07) is 32.1. The van der Waals surface area contributed by atoms with Crippen molar-refractivity contribution in [1.29, 1.82) is 0 Å². The summed E-state index contributed by atoms with van der Waals surface area (Å²) in [5.74, 6) is -1.51. The van der Waals surface area contributed by atoms with E-state index in [4.69, 9.17) is 0 Å². The smallest absolute Gasteiger partial charge is 0.338 e. The average molecular weight is 566 g/mol. The highest BCUT2D eigenvalue weighted by Gasteiger charge is 2.25. The van der Waals surface area contributed by atoms with Crippen molar-refractivity contribution in [1.82, 2.24) is 14.0 Å². The molecule has 0 aliphatic carbocycles. The minimum absolute atomic E-state index is 0.0258. The van der Waals surface area contributed by atoms with Gasteiger partial charge in [0.15, 0.2) is 0 Å². The van der Waals surface area contributed by atoms with Crippen LogP contribution in [0.4, 0.5) is 0 Å². The molecule has 4 aromatic heterocycles. The number of carbonyl (C=O) groups is 2. The molecule has 0 fully saturated rings. The fourth-order valence-electron chi connectivity index (χ4n) is 6.00. The lowest BCUT2D eigenvalue weighted by atomic mass is 9.96. The molecular weight excluding hydrogens is 534 g/mol. The number of aromatic carboxylic acids is 1. The zero-order valence-corrected chi connectivity index (χ0v) is 24.3. The lowest BCUT2D eigenvalue weighted by Crippen LogP contribution is -2.13. The summed E-state index contributed by atoms with van der Waals surface area (Å²) >= 11 is 0. The Kier molecular flexibility index (Phi) is 7.34. The van der Waals surface area contributed by atoms with Gasteiger partial charge in [-0.2, -0.15) is 0 Å². The van der Waals surface area contributed by atoms with Crippen LogP contribution in [0.25, 0.3) is 38.3 Å². The van der Waals surface area contributed by atoms with Crippen molar-refractivity contribution in [3.63, 3.8) is 0 Å². The maximum absolute atomic E-state index is 13.0. The summed E-state index contributed by atoms with van der Waals surface area (Å²) in [5.41, 5.74) is 7.41. The minimum Gasteiger partial charge on any atom is -0.478 e. The molecule has 0 bridgehead atoms. The minimum atomic E-state index is -1.15. The number of carbonyl (C=O) groups excluding carboxylic acids is 1. The second kappa shape index (κ2) is 11.4. The normalized spacial score (nSPS) is 11.0. The third-order valence-corrected chi connectivity index (χ3v) is 8.08. The molecule has 43 heavy (non-hydrogen) atoms. The van der Waals surface area contributed by atoms with Crippen molar-refractivity contribution in [3.05, 3.63) is 144 Å². The molecule has 212 valence electrons. The highest BCUT2D eigenvalue weighted by molar-refractivity contribution is 6.19. The van der Waals surface area contributed by atoms with Gasteiger partial charge in [-0.15, -0.1) is 0 Å². The topological polar surface area (TPSA) is 76.6 Å². The van der Waals surface area contributed by atoms with Gasteiger partial charge < -0.3 is 14.1 Å². The molecule has 7 aromatic rings. The van der Waals surface area contributed by atoms with Crippen LogP contribution in [0.5, 0.6) is 0 Å². The second-order valence-corrected chi connectivity index (χ2v) is 10.4. The number of hydrogen-bond donors (Lipinski definition) is 1. The van der Waals surface area contributed by atoms with E-state index in [0.29, 0.717) is 5.56 Å². The molecule has 1 N–H and O–H groups in total. The van der Waals surface area contributed by atoms with Crippen LogP contribution in [0.15, 0.2) is 116 Å². The Bertz CT molecular complexity index is 2150. The Hall–Kier alpha value is -5.49. The largest absolute Gasteiger partial charge is 0.478 e. The number of fused-ring (bicyclic) bond motifs is 3. The van der Waals surface area contributed by atoms with E-state index < -0.39 is 5.97 Å². The molecule has 0 saturated heterocycles. The van der Waals surface area contributed by atoms with Crippen molar-refractivity contribution >= 4 is 38.9 Å². The Morgan fingerprint density at radius 3 is 2.26 bits per heavy atom. The number of hydrogen-bond acceptors (Lipinski definition) is 3. The van der Waals surface area contributed by atoms with E-state index in [0.717, 1.165) is 23.1 Å². The molecule has 4 heterocycles.